The molecular formula is C14H14F3N3. The first-order valence-electron chi connectivity index (χ1n) is 5.94. The summed E-state index contributed by atoms with van der Waals surface area (Å²) < 4.78 is 37.9. The maximum atomic E-state index is 12.6. The fourth-order valence-corrected chi connectivity index (χ4v) is 1.93. The molecule has 1 aromatic carbocycles. The lowest BCUT2D eigenvalue weighted by Gasteiger charge is -2.13. The smallest absolute Gasteiger partial charge is 0.396 e. The predicted molar refractivity (Wildman–Crippen MR) is 72.9 cm³/mol. The SMILES string of the molecule is Cc1cc(C)cc(Nc2cc(C(F)(F)F)ncc2N)c1. The summed E-state index contributed by atoms with van der Waals surface area (Å²) in [6, 6.07) is 6.55. The summed E-state index contributed by atoms with van der Waals surface area (Å²) in [7, 11) is 0. The zero-order valence-electron chi connectivity index (χ0n) is 11.0. The number of halogens is 3. The van der Waals surface area contributed by atoms with E-state index in [1.807, 2.05) is 32.0 Å². The first-order chi connectivity index (χ1) is 9.25. The highest BCUT2D eigenvalue weighted by molar-refractivity contribution is 5.72. The van der Waals surface area contributed by atoms with Gasteiger partial charge in [-0.25, -0.2) is 4.98 Å². The Bertz CT molecular complexity index is 616. The maximum absolute atomic E-state index is 12.6. The van der Waals surface area contributed by atoms with Crippen molar-refractivity contribution >= 4 is 17.1 Å². The van der Waals surface area contributed by atoms with E-state index in [9.17, 15) is 13.2 Å². The number of pyridine rings is 1. The van der Waals surface area contributed by atoms with Gasteiger partial charge in [0.25, 0.3) is 0 Å². The topological polar surface area (TPSA) is 50.9 Å². The molecule has 1 heterocycles. The van der Waals surface area contributed by atoms with Crippen molar-refractivity contribution in [2.75, 3.05) is 11.1 Å². The lowest BCUT2D eigenvalue weighted by Crippen LogP contribution is -2.09. The van der Waals surface area contributed by atoms with E-state index in [1.165, 1.54) is 0 Å². The van der Waals surface area contributed by atoms with Crippen LogP contribution in [0.25, 0.3) is 0 Å². The molecule has 0 fully saturated rings. The minimum Gasteiger partial charge on any atom is -0.396 e. The van der Waals surface area contributed by atoms with E-state index < -0.39 is 11.9 Å². The third kappa shape index (κ3) is 3.20. The van der Waals surface area contributed by atoms with E-state index in [2.05, 4.69) is 10.3 Å². The Morgan fingerprint density at radius 1 is 1.05 bits per heavy atom. The third-order valence-electron chi connectivity index (χ3n) is 2.73. The number of nitrogen functional groups attached to an aromatic ring is 1. The predicted octanol–water partition coefficient (Wildman–Crippen LogP) is 4.04. The molecule has 0 atom stereocenters. The molecule has 0 radical (unpaired) electrons. The zero-order chi connectivity index (χ0) is 14.9. The Labute approximate surface area is 114 Å². The Morgan fingerprint density at radius 2 is 1.65 bits per heavy atom. The number of nitrogens with zero attached hydrogens (tertiary/aromatic N) is 1. The largest absolute Gasteiger partial charge is 0.433 e. The van der Waals surface area contributed by atoms with E-state index in [4.69, 9.17) is 5.73 Å². The molecule has 3 N–H and O–H groups in total. The van der Waals surface area contributed by atoms with Gasteiger partial charge in [-0.05, 0) is 43.2 Å². The van der Waals surface area contributed by atoms with Crippen LogP contribution in [-0.2, 0) is 6.18 Å². The van der Waals surface area contributed by atoms with Gasteiger partial charge in [-0.3, -0.25) is 0 Å². The van der Waals surface area contributed by atoms with Crippen LogP contribution in [-0.4, -0.2) is 4.98 Å². The molecule has 0 bridgehead atoms. The molecule has 2 rings (SSSR count). The van der Waals surface area contributed by atoms with Gasteiger partial charge in [-0.15, -0.1) is 0 Å². The highest BCUT2D eigenvalue weighted by Gasteiger charge is 2.32. The molecule has 0 aliphatic heterocycles. The first kappa shape index (κ1) is 14.2. The summed E-state index contributed by atoms with van der Waals surface area (Å²) in [5.41, 5.74) is 7.76. The van der Waals surface area contributed by atoms with Gasteiger partial charge in [0, 0.05) is 5.69 Å². The minimum absolute atomic E-state index is 0.164. The summed E-state index contributed by atoms with van der Waals surface area (Å²) in [5, 5.41) is 2.90. The maximum Gasteiger partial charge on any atom is 0.433 e. The number of nitrogens with two attached hydrogens (primary N) is 1. The van der Waals surface area contributed by atoms with Crippen molar-refractivity contribution < 1.29 is 13.2 Å². The van der Waals surface area contributed by atoms with Crippen LogP contribution >= 0.6 is 0 Å². The number of anilines is 3. The molecule has 6 heteroatoms. The third-order valence-corrected chi connectivity index (χ3v) is 2.73. The van der Waals surface area contributed by atoms with Gasteiger partial charge in [0.2, 0.25) is 0 Å². The fraction of sp³-hybridized carbons (Fsp3) is 0.214. The zero-order valence-corrected chi connectivity index (χ0v) is 11.0. The molecule has 0 spiro atoms. The molecule has 0 aliphatic carbocycles. The van der Waals surface area contributed by atoms with Crippen LogP contribution in [0.15, 0.2) is 30.5 Å². The number of benzene rings is 1. The van der Waals surface area contributed by atoms with Gasteiger partial charge < -0.3 is 11.1 Å². The van der Waals surface area contributed by atoms with Gasteiger partial charge >= 0.3 is 6.18 Å². The van der Waals surface area contributed by atoms with Crippen molar-refractivity contribution in [3.8, 4) is 0 Å². The monoisotopic (exact) mass is 281 g/mol. The molecular weight excluding hydrogens is 267 g/mol. The van der Waals surface area contributed by atoms with Crippen LogP contribution in [0.2, 0.25) is 0 Å². The number of aromatic nitrogens is 1. The van der Waals surface area contributed by atoms with E-state index in [0.29, 0.717) is 5.69 Å². The van der Waals surface area contributed by atoms with Crippen molar-refractivity contribution in [2.45, 2.75) is 20.0 Å². The lowest BCUT2D eigenvalue weighted by molar-refractivity contribution is -0.141. The molecule has 0 saturated carbocycles. The van der Waals surface area contributed by atoms with Crippen molar-refractivity contribution in [1.29, 1.82) is 0 Å². The lowest BCUT2D eigenvalue weighted by atomic mass is 10.1. The summed E-state index contributed by atoms with van der Waals surface area (Å²) >= 11 is 0. The first-order valence-corrected chi connectivity index (χ1v) is 5.94. The van der Waals surface area contributed by atoms with Crippen LogP contribution < -0.4 is 11.1 Å². The highest BCUT2D eigenvalue weighted by atomic mass is 19.4. The summed E-state index contributed by atoms with van der Waals surface area (Å²) in [6.45, 7) is 3.82. The molecule has 20 heavy (non-hydrogen) atoms. The number of nitrogens with one attached hydrogen (secondary N) is 1. The van der Waals surface area contributed by atoms with Gasteiger partial charge in [-0.2, -0.15) is 13.2 Å². The Hall–Kier alpha value is -2.24. The van der Waals surface area contributed by atoms with Crippen molar-refractivity contribution in [3.63, 3.8) is 0 Å². The second-order valence-electron chi connectivity index (χ2n) is 4.66. The Balaban J connectivity index is 2.37. The standard InChI is InChI=1S/C14H14F3N3/c1-8-3-9(2)5-10(4-8)20-12-6-13(14(15,16)17)19-7-11(12)18/h3-7H,18H2,1-2H3,(H,19,20). The van der Waals surface area contributed by atoms with Gasteiger partial charge in [0.05, 0.1) is 17.6 Å². The van der Waals surface area contributed by atoms with Gasteiger partial charge in [0.1, 0.15) is 5.69 Å². The van der Waals surface area contributed by atoms with E-state index in [-0.39, 0.29) is 11.4 Å². The van der Waals surface area contributed by atoms with Gasteiger partial charge in [-0.1, -0.05) is 6.07 Å². The molecule has 0 unspecified atom stereocenters. The van der Waals surface area contributed by atoms with Crippen molar-refractivity contribution in [1.82, 2.24) is 4.98 Å². The quantitative estimate of drug-likeness (QED) is 0.873. The van der Waals surface area contributed by atoms with Crippen LogP contribution in [0.4, 0.5) is 30.2 Å². The summed E-state index contributed by atoms with van der Waals surface area (Å²) in [6.07, 6.45) is -3.49. The molecule has 106 valence electrons. The minimum atomic E-state index is -4.49. The van der Waals surface area contributed by atoms with E-state index in [0.717, 1.165) is 23.4 Å². The molecule has 2 aromatic rings. The molecule has 0 aliphatic rings. The van der Waals surface area contributed by atoms with E-state index >= 15 is 0 Å². The molecule has 1 aromatic heterocycles. The second-order valence-corrected chi connectivity index (χ2v) is 4.66. The molecule has 0 saturated heterocycles. The van der Waals surface area contributed by atoms with Crippen LogP contribution in [0, 0.1) is 13.8 Å². The average Bonchev–Trinajstić information content (AvgIpc) is 2.29. The summed E-state index contributed by atoms with van der Waals surface area (Å²) in [4.78, 5) is 3.30. The summed E-state index contributed by atoms with van der Waals surface area (Å²) in [5.74, 6) is 0. The Morgan fingerprint density at radius 3 is 2.20 bits per heavy atom. The van der Waals surface area contributed by atoms with Crippen LogP contribution in [0.5, 0.6) is 0 Å². The number of alkyl halides is 3. The van der Waals surface area contributed by atoms with Crippen LogP contribution in [0.1, 0.15) is 16.8 Å². The van der Waals surface area contributed by atoms with Crippen LogP contribution in [0.3, 0.4) is 0 Å². The second kappa shape index (κ2) is 5.03. The normalized spacial score (nSPS) is 11.4. The highest BCUT2D eigenvalue weighted by Crippen LogP contribution is 2.32. The average molecular weight is 281 g/mol. The number of hydrogen-bond donors (Lipinski definition) is 2. The van der Waals surface area contributed by atoms with Gasteiger partial charge in [0.15, 0.2) is 0 Å². The number of hydrogen-bond acceptors (Lipinski definition) is 3. The number of aryl methyl sites for hydroxylation is 2. The van der Waals surface area contributed by atoms with Crippen molar-refractivity contribution in [2.24, 2.45) is 0 Å². The van der Waals surface area contributed by atoms with Crippen molar-refractivity contribution in [3.05, 3.63) is 47.3 Å². The fourth-order valence-electron chi connectivity index (χ4n) is 1.93. The van der Waals surface area contributed by atoms with E-state index in [1.54, 1.807) is 0 Å². The molecule has 3 nitrogen and oxygen atoms in total. The Kier molecular flexibility index (Phi) is 3.57. The molecule has 0 amide bonds. The number of rotatable bonds is 2.